The van der Waals surface area contributed by atoms with Gasteiger partial charge in [0.25, 0.3) is 11.1 Å². The summed E-state index contributed by atoms with van der Waals surface area (Å²) in [7, 11) is 0. The second kappa shape index (κ2) is 5.89. The Morgan fingerprint density at radius 2 is 1.52 bits per heavy atom. The van der Waals surface area contributed by atoms with Crippen molar-refractivity contribution in [2.45, 2.75) is 5.92 Å². The Morgan fingerprint density at radius 1 is 0.889 bits per heavy atom. The minimum Gasteiger partial charge on any atom is -0.494 e. The number of ether oxygens (including phenoxy) is 1. The van der Waals surface area contributed by atoms with Crippen molar-refractivity contribution < 1.29 is 9.84 Å². The van der Waals surface area contributed by atoms with Gasteiger partial charge in [-0.25, -0.2) is 9.59 Å². The van der Waals surface area contributed by atoms with Gasteiger partial charge in [0, 0.05) is 10.6 Å². The number of hydrogen-bond acceptors (Lipinski definition) is 6. The molecule has 0 spiro atoms. The lowest BCUT2D eigenvalue weighted by atomic mass is 9.85. The van der Waals surface area contributed by atoms with E-state index in [-0.39, 0.29) is 38.4 Å². The summed E-state index contributed by atoms with van der Waals surface area (Å²) in [6.07, 6.45) is 0. The van der Waals surface area contributed by atoms with Gasteiger partial charge in [0.05, 0.1) is 22.1 Å². The number of rotatable bonds is 1. The summed E-state index contributed by atoms with van der Waals surface area (Å²) in [6.45, 7) is 0. The van der Waals surface area contributed by atoms with Gasteiger partial charge < -0.3 is 9.84 Å². The predicted octanol–water partition coefficient (Wildman–Crippen LogP) is 0.738. The second-order valence-electron chi connectivity index (χ2n) is 5.66. The minimum atomic E-state index is -1.24. The molecule has 0 fully saturated rings. The summed E-state index contributed by atoms with van der Waals surface area (Å²) in [4.78, 5) is 56.3. The van der Waals surface area contributed by atoms with Crippen LogP contribution in [0, 0.1) is 0 Å². The van der Waals surface area contributed by atoms with Crippen molar-refractivity contribution >= 4 is 23.2 Å². The van der Waals surface area contributed by atoms with Crippen molar-refractivity contribution in [3.63, 3.8) is 0 Å². The highest BCUT2D eigenvalue weighted by atomic mass is 35.5. The first-order chi connectivity index (χ1) is 12.8. The van der Waals surface area contributed by atoms with E-state index in [1.165, 1.54) is 12.1 Å². The molecule has 0 aliphatic carbocycles. The van der Waals surface area contributed by atoms with Crippen molar-refractivity contribution in [3.05, 3.63) is 80.5 Å². The third-order valence-corrected chi connectivity index (χ3v) is 4.53. The number of aromatic hydroxyl groups is 1. The summed E-state index contributed by atoms with van der Waals surface area (Å²) in [6, 6.07) is 2.76. The van der Waals surface area contributed by atoms with Crippen LogP contribution < -0.4 is 27.2 Å². The number of fused-ring (bicyclic) bond motifs is 2. The molecule has 2 aromatic heterocycles. The van der Waals surface area contributed by atoms with Gasteiger partial charge in [-0.2, -0.15) is 0 Å². The number of halogens is 2. The number of H-pyrrole nitrogens is 4. The zero-order valence-corrected chi connectivity index (χ0v) is 14.5. The molecule has 1 aliphatic rings. The van der Waals surface area contributed by atoms with Crippen LogP contribution in [0.2, 0.25) is 10.0 Å². The van der Waals surface area contributed by atoms with Crippen molar-refractivity contribution in [1.29, 1.82) is 0 Å². The van der Waals surface area contributed by atoms with E-state index >= 15 is 0 Å². The van der Waals surface area contributed by atoms with E-state index in [2.05, 4.69) is 9.97 Å². The Morgan fingerprint density at radius 3 is 2.19 bits per heavy atom. The van der Waals surface area contributed by atoms with Gasteiger partial charge in [0.15, 0.2) is 5.75 Å². The number of aromatic amines is 4. The maximum atomic E-state index is 12.5. The first-order valence-electron chi connectivity index (χ1n) is 7.35. The molecule has 1 unspecified atom stereocenters. The lowest BCUT2D eigenvalue weighted by molar-refractivity contribution is 0.416. The molecule has 0 radical (unpaired) electrons. The molecule has 12 heteroatoms. The smallest absolute Gasteiger partial charge is 0.328 e. The van der Waals surface area contributed by atoms with Crippen LogP contribution in [0.4, 0.5) is 0 Å². The van der Waals surface area contributed by atoms with E-state index in [0.29, 0.717) is 0 Å². The molecule has 5 N–H and O–H groups in total. The zero-order valence-electron chi connectivity index (χ0n) is 13.0. The van der Waals surface area contributed by atoms with Gasteiger partial charge in [-0.3, -0.25) is 29.5 Å². The van der Waals surface area contributed by atoms with Crippen molar-refractivity contribution in [2.24, 2.45) is 0 Å². The van der Waals surface area contributed by atoms with Crippen LogP contribution in [-0.4, -0.2) is 25.0 Å². The topological polar surface area (TPSA) is 161 Å². The quantitative estimate of drug-likeness (QED) is 0.310. The Balaban J connectivity index is 2.17. The van der Waals surface area contributed by atoms with Crippen LogP contribution in [0.15, 0.2) is 31.3 Å². The van der Waals surface area contributed by atoms with Crippen LogP contribution in [-0.2, 0) is 0 Å². The summed E-state index contributed by atoms with van der Waals surface area (Å²) < 4.78 is 5.55. The van der Waals surface area contributed by atoms with Gasteiger partial charge >= 0.3 is 11.4 Å². The second-order valence-corrected chi connectivity index (χ2v) is 6.51. The first-order valence-corrected chi connectivity index (χ1v) is 8.10. The van der Waals surface area contributed by atoms with E-state index in [1.807, 2.05) is 9.97 Å². The third kappa shape index (κ3) is 2.66. The van der Waals surface area contributed by atoms with Gasteiger partial charge in [-0.15, -0.1) is 0 Å². The molecule has 1 aliphatic heterocycles. The molecule has 10 nitrogen and oxygen atoms in total. The van der Waals surface area contributed by atoms with Crippen LogP contribution >= 0.6 is 23.2 Å². The standard InChI is InChI=1S/C15H8Cl2N4O6/c16-3-1-4-6(7-10(22)18-14(25)19-11(7)23)8-12(24)20-15(26)21-13(8)27-9(4)5(17)2-3/h1-2,6H,(H2,20,21,24,26)(H3,18,19,22,23,25). The monoisotopic (exact) mass is 410 g/mol. The van der Waals surface area contributed by atoms with Crippen LogP contribution in [0.1, 0.15) is 22.6 Å². The average Bonchev–Trinajstić information content (AvgIpc) is 2.53. The normalized spacial score (nSPS) is 15.0. The van der Waals surface area contributed by atoms with Gasteiger partial charge in [0.2, 0.25) is 11.8 Å². The Kier molecular flexibility index (Phi) is 3.75. The number of nitrogens with one attached hydrogen (secondary N) is 4. The van der Waals surface area contributed by atoms with Gasteiger partial charge in [-0.05, 0) is 12.1 Å². The van der Waals surface area contributed by atoms with Crippen molar-refractivity contribution in [1.82, 2.24) is 19.9 Å². The molecule has 3 heterocycles. The maximum Gasteiger partial charge on any atom is 0.328 e. The largest absolute Gasteiger partial charge is 0.494 e. The number of benzene rings is 1. The molecule has 0 saturated carbocycles. The highest BCUT2D eigenvalue weighted by Crippen LogP contribution is 2.48. The number of hydrogen-bond donors (Lipinski definition) is 5. The highest BCUT2D eigenvalue weighted by Gasteiger charge is 2.37. The molecule has 0 bridgehead atoms. The molecule has 3 aromatic rings. The van der Waals surface area contributed by atoms with E-state index in [0.717, 1.165) is 0 Å². The fourth-order valence-corrected chi connectivity index (χ4v) is 3.58. The van der Waals surface area contributed by atoms with Crippen LogP contribution in [0.3, 0.4) is 0 Å². The van der Waals surface area contributed by atoms with Gasteiger partial charge in [0.1, 0.15) is 0 Å². The molecule has 138 valence electrons. The highest BCUT2D eigenvalue weighted by molar-refractivity contribution is 6.35. The first kappa shape index (κ1) is 17.2. The molecule has 1 atom stereocenters. The van der Waals surface area contributed by atoms with E-state index in [9.17, 15) is 24.3 Å². The summed E-state index contributed by atoms with van der Waals surface area (Å²) in [5.41, 5.74) is -3.92. The molecular formula is C15H8Cl2N4O6. The third-order valence-electron chi connectivity index (χ3n) is 4.03. The Bertz CT molecular complexity index is 1310. The summed E-state index contributed by atoms with van der Waals surface area (Å²) in [5, 5.41) is 10.4. The molecule has 1 aromatic carbocycles. The fraction of sp³-hybridized carbons (Fsp3) is 0.0667. The average molecular weight is 411 g/mol. The van der Waals surface area contributed by atoms with Crippen LogP contribution in [0.5, 0.6) is 17.5 Å². The van der Waals surface area contributed by atoms with E-state index < -0.39 is 34.3 Å². The predicted molar refractivity (Wildman–Crippen MR) is 94.5 cm³/mol. The summed E-state index contributed by atoms with van der Waals surface area (Å²) >= 11 is 12.2. The van der Waals surface area contributed by atoms with Crippen molar-refractivity contribution in [3.8, 4) is 17.5 Å². The van der Waals surface area contributed by atoms with Gasteiger partial charge in [-0.1, -0.05) is 23.2 Å². The Hall–Kier alpha value is -3.24. The molecule has 0 saturated heterocycles. The van der Waals surface area contributed by atoms with E-state index in [4.69, 9.17) is 27.9 Å². The lowest BCUT2D eigenvalue weighted by Gasteiger charge is -2.27. The zero-order chi connectivity index (χ0) is 19.5. The molecule has 4 rings (SSSR count). The fourth-order valence-electron chi connectivity index (χ4n) is 3.03. The molecular weight excluding hydrogens is 403 g/mol. The Labute approximate surface area is 157 Å². The summed E-state index contributed by atoms with van der Waals surface area (Å²) in [5.74, 6) is -2.21. The lowest BCUT2D eigenvalue weighted by Crippen LogP contribution is -2.34. The molecule has 0 amide bonds. The molecule has 27 heavy (non-hydrogen) atoms. The number of aromatic nitrogens is 4. The maximum absolute atomic E-state index is 12.5. The minimum absolute atomic E-state index is 0.0322. The van der Waals surface area contributed by atoms with Crippen molar-refractivity contribution in [2.75, 3.05) is 0 Å². The SMILES string of the molecule is O=c1[nH]c(O)c(C2c3cc(Cl)cc(Cl)c3Oc3[nH]c(=O)[nH]c(=O)c32)c(=O)[nH]1. The van der Waals surface area contributed by atoms with E-state index in [1.54, 1.807) is 0 Å². The van der Waals surface area contributed by atoms with Crippen LogP contribution in [0.25, 0.3) is 0 Å².